The zero-order chi connectivity index (χ0) is 27.7. The highest BCUT2D eigenvalue weighted by Crippen LogP contribution is 2.23. The van der Waals surface area contributed by atoms with Crippen molar-refractivity contribution in [1.82, 2.24) is 15.0 Å². The Morgan fingerprint density at radius 2 is 1.73 bits per heavy atom. The van der Waals surface area contributed by atoms with E-state index in [2.05, 4.69) is 15.5 Å². The minimum absolute atomic E-state index is 0.0124. The molecule has 0 radical (unpaired) electrons. The molecule has 0 atom stereocenters. The van der Waals surface area contributed by atoms with Gasteiger partial charge in [0.1, 0.15) is 18.1 Å². The Kier molecular flexibility index (Phi) is 8.53. The third-order valence-corrected chi connectivity index (χ3v) is 6.86. The minimum atomic E-state index is -0.332. The van der Waals surface area contributed by atoms with Crippen molar-refractivity contribution in [2.45, 2.75) is 11.8 Å². The lowest BCUT2D eigenvalue weighted by Gasteiger charge is -2.13. The molecule has 200 valence electrons. The number of hydrogen-bond donors (Lipinski definition) is 1. The molecule has 9 heteroatoms. The maximum Gasteiger partial charge on any atom is 0.266 e. The van der Waals surface area contributed by atoms with Crippen LogP contribution >= 0.6 is 11.8 Å². The molecule has 0 saturated heterocycles. The summed E-state index contributed by atoms with van der Waals surface area (Å²) in [5.74, 6) is 1.05. The second kappa shape index (κ2) is 12.8. The topological polar surface area (TPSA) is 94.8 Å². The molecular formula is C31H26N4O4S. The number of amides is 1. The molecule has 1 amide bonds. The van der Waals surface area contributed by atoms with Gasteiger partial charge in [-0.25, -0.2) is 10.4 Å². The number of carbonyl (C=O) groups excluding carboxylic acids is 1. The van der Waals surface area contributed by atoms with Gasteiger partial charge in [0.25, 0.3) is 11.5 Å². The third-order valence-electron chi connectivity index (χ3n) is 5.92. The van der Waals surface area contributed by atoms with Gasteiger partial charge in [-0.15, -0.1) is 0 Å². The van der Waals surface area contributed by atoms with E-state index in [9.17, 15) is 9.59 Å². The molecule has 0 fully saturated rings. The molecule has 0 aliphatic carbocycles. The highest BCUT2D eigenvalue weighted by atomic mass is 32.2. The van der Waals surface area contributed by atoms with Crippen molar-refractivity contribution in [3.05, 3.63) is 125 Å². The summed E-state index contributed by atoms with van der Waals surface area (Å²) in [5, 5.41) is 4.98. The first-order chi connectivity index (χ1) is 19.6. The summed E-state index contributed by atoms with van der Waals surface area (Å²) in [7, 11) is 1.58. The van der Waals surface area contributed by atoms with Crippen LogP contribution in [0.1, 0.15) is 11.1 Å². The quantitative estimate of drug-likeness (QED) is 0.111. The van der Waals surface area contributed by atoms with Crippen LogP contribution in [0, 0.1) is 0 Å². The van der Waals surface area contributed by atoms with E-state index in [1.54, 1.807) is 55.8 Å². The number of fused-ring (bicyclic) bond motifs is 1. The lowest BCUT2D eigenvalue weighted by molar-refractivity contribution is -0.118. The number of nitrogens with one attached hydrogen (secondary N) is 1. The summed E-state index contributed by atoms with van der Waals surface area (Å²) in [4.78, 5) is 30.7. The van der Waals surface area contributed by atoms with Crippen LogP contribution in [-0.4, -0.2) is 34.5 Å². The van der Waals surface area contributed by atoms with Crippen LogP contribution in [0.4, 0.5) is 0 Å². The number of methoxy groups -OCH3 is 1. The highest BCUT2D eigenvalue weighted by molar-refractivity contribution is 7.99. The third kappa shape index (κ3) is 6.57. The number of thioether (sulfide) groups is 1. The average molecular weight is 551 g/mol. The number of carbonyl (C=O) groups is 1. The first-order valence-electron chi connectivity index (χ1n) is 12.5. The highest BCUT2D eigenvalue weighted by Gasteiger charge is 2.15. The van der Waals surface area contributed by atoms with Crippen LogP contribution < -0.4 is 20.5 Å². The van der Waals surface area contributed by atoms with Crippen molar-refractivity contribution in [3.8, 4) is 17.2 Å². The molecule has 40 heavy (non-hydrogen) atoms. The van der Waals surface area contributed by atoms with Crippen molar-refractivity contribution < 1.29 is 14.3 Å². The van der Waals surface area contributed by atoms with Gasteiger partial charge in [-0.1, -0.05) is 66.4 Å². The van der Waals surface area contributed by atoms with E-state index in [4.69, 9.17) is 9.47 Å². The zero-order valence-electron chi connectivity index (χ0n) is 21.7. The van der Waals surface area contributed by atoms with Crippen molar-refractivity contribution in [3.63, 3.8) is 0 Å². The molecular weight excluding hydrogens is 524 g/mol. The van der Waals surface area contributed by atoms with Crippen molar-refractivity contribution >= 4 is 34.8 Å². The Morgan fingerprint density at radius 1 is 0.950 bits per heavy atom. The minimum Gasteiger partial charge on any atom is -0.497 e. The summed E-state index contributed by atoms with van der Waals surface area (Å²) >= 11 is 1.16. The van der Waals surface area contributed by atoms with Crippen LogP contribution in [-0.2, 0) is 11.4 Å². The maximum absolute atomic E-state index is 13.4. The molecule has 0 aliphatic heterocycles. The summed E-state index contributed by atoms with van der Waals surface area (Å²) in [6.45, 7) is 0.458. The fraction of sp³-hybridized carbons (Fsp3) is 0.0968. The van der Waals surface area contributed by atoms with Crippen LogP contribution in [0.3, 0.4) is 0 Å². The normalized spacial score (nSPS) is 11.0. The number of benzene rings is 4. The lowest BCUT2D eigenvalue weighted by Crippen LogP contribution is -2.24. The van der Waals surface area contributed by atoms with Gasteiger partial charge in [0.05, 0.1) is 35.7 Å². The largest absolute Gasteiger partial charge is 0.497 e. The predicted octanol–water partition coefficient (Wildman–Crippen LogP) is 5.22. The molecule has 0 spiro atoms. The van der Waals surface area contributed by atoms with Gasteiger partial charge in [-0.3, -0.25) is 14.2 Å². The van der Waals surface area contributed by atoms with Crippen molar-refractivity contribution in [2.24, 2.45) is 5.10 Å². The smallest absolute Gasteiger partial charge is 0.266 e. The van der Waals surface area contributed by atoms with Gasteiger partial charge in [0, 0.05) is 0 Å². The van der Waals surface area contributed by atoms with Gasteiger partial charge < -0.3 is 9.47 Å². The molecule has 0 aliphatic rings. The van der Waals surface area contributed by atoms with Crippen LogP contribution in [0.5, 0.6) is 11.5 Å². The molecule has 5 aromatic rings. The second-order valence-corrected chi connectivity index (χ2v) is 9.62. The van der Waals surface area contributed by atoms with Gasteiger partial charge in [0.2, 0.25) is 0 Å². The first-order valence-corrected chi connectivity index (χ1v) is 13.5. The monoisotopic (exact) mass is 550 g/mol. The van der Waals surface area contributed by atoms with Gasteiger partial charge in [0.15, 0.2) is 5.16 Å². The van der Waals surface area contributed by atoms with E-state index in [-0.39, 0.29) is 17.2 Å². The summed E-state index contributed by atoms with van der Waals surface area (Å²) < 4.78 is 12.6. The molecule has 8 nitrogen and oxygen atoms in total. The molecule has 0 unspecified atom stereocenters. The second-order valence-electron chi connectivity index (χ2n) is 8.68. The van der Waals surface area contributed by atoms with E-state index in [1.807, 2.05) is 60.7 Å². The van der Waals surface area contributed by atoms with E-state index < -0.39 is 0 Å². The molecule has 1 N–H and O–H groups in total. The number of hydrazone groups is 1. The van der Waals surface area contributed by atoms with E-state index >= 15 is 0 Å². The predicted molar refractivity (Wildman–Crippen MR) is 158 cm³/mol. The van der Waals surface area contributed by atoms with Crippen LogP contribution in [0.15, 0.2) is 118 Å². The first kappa shape index (κ1) is 26.7. The number of para-hydroxylation sites is 1. The van der Waals surface area contributed by atoms with Gasteiger partial charge >= 0.3 is 0 Å². The SMILES string of the molecule is COc1ccc(-n2c(SCC(=O)N/N=C\c3cccc(OCc4ccccc4)c3)nc3ccccc3c2=O)cc1. The Bertz CT molecular complexity index is 1700. The summed E-state index contributed by atoms with van der Waals surface area (Å²) in [6.07, 6.45) is 1.56. The molecule has 0 saturated carbocycles. The van der Waals surface area contributed by atoms with Crippen LogP contribution in [0.25, 0.3) is 16.6 Å². The molecule has 5 rings (SSSR count). The van der Waals surface area contributed by atoms with Crippen LogP contribution in [0.2, 0.25) is 0 Å². The standard InChI is InChI=1S/C31H26N4O4S/c1-38-25-16-14-24(15-17-25)35-30(37)27-12-5-6-13-28(27)33-31(35)40-21-29(36)34-32-19-23-10-7-11-26(18-23)39-20-22-8-3-2-4-9-22/h2-19H,20-21H2,1H3,(H,34,36)/b32-19-. The Morgan fingerprint density at radius 3 is 2.52 bits per heavy atom. The molecule has 1 aromatic heterocycles. The van der Waals surface area contributed by atoms with E-state index in [0.717, 1.165) is 22.9 Å². The Hall–Kier alpha value is -4.89. The fourth-order valence-corrected chi connectivity index (χ4v) is 4.74. The molecule has 0 bridgehead atoms. The Labute approximate surface area is 235 Å². The molecule has 4 aromatic carbocycles. The number of hydrogen-bond acceptors (Lipinski definition) is 7. The Balaban J connectivity index is 1.25. The van der Waals surface area contributed by atoms with E-state index in [0.29, 0.717) is 39.9 Å². The van der Waals surface area contributed by atoms with Gasteiger partial charge in [-0.2, -0.15) is 5.10 Å². The molecule has 1 heterocycles. The maximum atomic E-state index is 13.4. The van der Waals surface area contributed by atoms with Gasteiger partial charge in [-0.05, 0) is 59.7 Å². The lowest BCUT2D eigenvalue weighted by atomic mass is 10.2. The zero-order valence-corrected chi connectivity index (χ0v) is 22.5. The number of nitrogens with zero attached hydrogens (tertiary/aromatic N) is 3. The van der Waals surface area contributed by atoms with Crippen molar-refractivity contribution in [1.29, 1.82) is 0 Å². The number of rotatable bonds is 10. The average Bonchev–Trinajstić information content (AvgIpc) is 3.00. The van der Waals surface area contributed by atoms with E-state index in [1.165, 1.54) is 4.57 Å². The summed E-state index contributed by atoms with van der Waals surface area (Å²) in [6, 6.07) is 31.6. The fourth-order valence-electron chi connectivity index (χ4n) is 3.93. The summed E-state index contributed by atoms with van der Waals surface area (Å²) in [5.41, 5.74) is 5.37. The van der Waals surface area contributed by atoms with Crippen molar-refractivity contribution in [2.75, 3.05) is 12.9 Å². The number of aromatic nitrogens is 2. The number of ether oxygens (including phenoxy) is 2.